The van der Waals surface area contributed by atoms with Crippen molar-refractivity contribution in [3.63, 3.8) is 0 Å². The lowest BCUT2D eigenvalue weighted by Gasteiger charge is -2.30. The second-order valence-corrected chi connectivity index (χ2v) is 6.35. The molecule has 1 aliphatic rings. The number of carbonyl (C=O) groups is 3. The topological polar surface area (TPSA) is 95.9 Å². The lowest BCUT2D eigenvalue weighted by molar-refractivity contribution is -0.145. The maximum absolute atomic E-state index is 12.2. The van der Waals surface area contributed by atoms with Crippen molar-refractivity contribution in [2.24, 2.45) is 11.8 Å². The van der Waals surface area contributed by atoms with E-state index in [2.05, 4.69) is 5.32 Å². The Hall–Kier alpha value is -2.57. The minimum absolute atomic E-state index is 0.221. The maximum atomic E-state index is 12.2. The molecule has 2 N–H and O–H groups in total. The highest BCUT2D eigenvalue weighted by atomic mass is 16.5. The molecule has 0 spiro atoms. The Morgan fingerprint density at radius 3 is 2.36 bits per heavy atom. The summed E-state index contributed by atoms with van der Waals surface area (Å²) in [6.45, 7) is 2.69. The smallest absolute Gasteiger partial charge is 0.321 e. The fourth-order valence-corrected chi connectivity index (χ4v) is 2.89. The highest BCUT2D eigenvalue weighted by molar-refractivity contribution is 5.89. The number of nitrogens with one attached hydrogen (secondary N) is 1. The summed E-state index contributed by atoms with van der Waals surface area (Å²) in [5.74, 6) is -1.62. The van der Waals surface area contributed by atoms with Gasteiger partial charge in [-0.25, -0.2) is 4.79 Å². The molecule has 7 heteroatoms. The van der Waals surface area contributed by atoms with E-state index in [1.807, 2.05) is 19.1 Å². The molecule has 1 unspecified atom stereocenters. The summed E-state index contributed by atoms with van der Waals surface area (Å²) in [6, 6.07) is 7.10. The zero-order valence-corrected chi connectivity index (χ0v) is 14.5. The van der Waals surface area contributed by atoms with Crippen LogP contribution in [-0.2, 0) is 20.7 Å². The first-order valence-electron chi connectivity index (χ1n) is 8.36. The van der Waals surface area contributed by atoms with Crippen molar-refractivity contribution in [2.45, 2.75) is 26.2 Å². The van der Waals surface area contributed by atoms with Gasteiger partial charge >= 0.3 is 18.0 Å². The van der Waals surface area contributed by atoms with Gasteiger partial charge in [-0.15, -0.1) is 0 Å². The Morgan fingerprint density at radius 1 is 1.24 bits per heavy atom. The van der Waals surface area contributed by atoms with Gasteiger partial charge in [-0.2, -0.15) is 0 Å². The zero-order chi connectivity index (χ0) is 18.4. The predicted molar refractivity (Wildman–Crippen MR) is 92.3 cm³/mol. The molecule has 0 aliphatic carbocycles. The fourth-order valence-electron chi connectivity index (χ4n) is 2.89. The molecule has 7 nitrogen and oxygen atoms in total. The quantitative estimate of drug-likeness (QED) is 0.797. The summed E-state index contributed by atoms with van der Waals surface area (Å²) in [5, 5.41) is 11.8. The third kappa shape index (κ3) is 5.20. The molecule has 0 saturated carbocycles. The molecule has 0 bridgehead atoms. The Kier molecular flexibility index (Phi) is 6.38. The SMILES string of the molecule is COC(=O)C(C)Cc1ccc(NC(=O)N2CCC(C(=O)O)CC2)cc1. The van der Waals surface area contributed by atoms with E-state index in [4.69, 9.17) is 9.84 Å². The summed E-state index contributed by atoms with van der Waals surface area (Å²) in [4.78, 5) is 36.3. The molecule has 0 radical (unpaired) electrons. The molecule has 1 atom stereocenters. The molecule has 2 rings (SSSR count). The van der Waals surface area contributed by atoms with Gasteiger partial charge in [0.15, 0.2) is 0 Å². The largest absolute Gasteiger partial charge is 0.481 e. The van der Waals surface area contributed by atoms with Gasteiger partial charge in [0.2, 0.25) is 0 Å². The molecule has 1 fully saturated rings. The number of anilines is 1. The second kappa shape index (κ2) is 8.50. The first kappa shape index (κ1) is 18.8. The van der Waals surface area contributed by atoms with E-state index in [-0.39, 0.29) is 23.8 Å². The number of carboxylic acid groups (broad SMARTS) is 1. The fraction of sp³-hybridized carbons (Fsp3) is 0.500. The number of likely N-dealkylation sites (tertiary alicyclic amines) is 1. The van der Waals surface area contributed by atoms with E-state index in [1.54, 1.807) is 17.0 Å². The third-order valence-electron chi connectivity index (χ3n) is 4.48. The predicted octanol–water partition coefficient (Wildman–Crippen LogP) is 2.37. The number of carboxylic acids is 1. The van der Waals surface area contributed by atoms with E-state index >= 15 is 0 Å². The van der Waals surface area contributed by atoms with Crippen molar-refractivity contribution in [1.29, 1.82) is 0 Å². The van der Waals surface area contributed by atoms with Gasteiger partial charge in [-0.3, -0.25) is 9.59 Å². The lowest BCUT2D eigenvalue weighted by atomic mass is 9.97. The molecule has 1 aliphatic heterocycles. The average Bonchev–Trinajstić information content (AvgIpc) is 2.62. The van der Waals surface area contributed by atoms with Crippen molar-refractivity contribution in [2.75, 3.05) is 25.5 Å². The van der Waals surface area contributed by atoms with Gasteiger partial charge in [0, 0.05) is 18.8 Å². The van der Waals surface area contributed by atoms with Crippen LogP contribution >= 0.6 is 0 Å². The van der Waals surface area contributed by atoms with Crippen LogP contribution in [0.1, 0.15) is 25.3 Å². The number of urea groups is 1. The van der Waals surface area contributed by atoms with Crippen LogP contribution in [0.5, 0.6) is 0 Å². The standard InChI is InChI=1S/C18H24N2O5/c1-12(17(23)25-2)11-13-3-5-15(6-4-13)19-18(24)20-9-7-14(8-10-20)16(21)22/h3-6,12,14H,7-11H2,1-2H3,(H,19,24)(H,21,22). The number of hydrogen-bond donors (Lipinski definition) is 2. The third-order valence-corrected chi connectivity index (χ3v) is 4.48. The summed E-state index contributed by atoms with van der Waals surface area (Å²) < 4.78 is 4.71. The molecule has 1 aromatic carbocycles. The van der Waals surface area contributed by atoms with Crippen LogP contribution in [0.4, 0.5) is 10.5 Å². The highest BCUT2D eigenvalue weighted by Gasteiger charge is 2.26. The van der Waals surface area contributed by atoms with Crippen LogP contribution in [0.2, 0.25) is 0 Å². The van der Waals surface area contributed by atoms with Gasteiger partial charge in [-0.1, -0.05) is 19.1 Å². The van der Waals surface area contributed by atoms with E-state index in [9.17, 15) is 14.4 Å². The average molecular weight is 348 g/mol. The van der Waals surface area contributed by atoms with Gasteiger partial charge in [0.05, 0.1) is 18.9 Å². The highest BCUT2D eigenvalue weighted by Crippen LogP contribution is 2.19. The van der Waals surface area contributed by atoms with Gasteiger partial charge in [0.1, 0.15) is 0 Å². The number of methoxy groups -OCH3 is 1. The monoisotopic (exact) mass is 348 g/mol. The molecule has 0 aromatic heterocycles. The van der Waals surface area contributed by atoms with Crippen molar-refractivity contribution in [1.82, 2.24) is 4.90 Å². The van der Waals surface area contributed by atoms with Gasteiger partial charge < -0.3 is 20.1 Å². The van der Waals surface area contributed by atoms with Crippen LogP contribution in [0, 0.1) is 11.8 Å². The minimum atomic E-state index is -0.795. The molecule has 1 aromatic rings. The zero-order valence-electron chi connectivity index (χ0n) is 14.5. The number of carbonyl (C=O) groups excluding carboxylic acids is 2. The number of amides is 2. The Bertz CT molecular complexity index is 621. The van der Waals surface area contributed by atoms with Gasteiger partial charge in [-0.05, 0) is 37.0 Å². The van der Waals surface area contributed by atoms with Crippen molar-refractivity contribution in [3.05, 3.63) is 29.8 Å². The first-order chi connectivity index (χ1) is 11.9. The number of piperidine rings is 1. The Balaban J connectivity index is 1.85. The maximum Gasteiger partial charge on any atom is 0.321 e. The first-order valence-corrected chi connectivity index (χ1v) is 8.36. The lowest BCUT2D eigenvalue weighted by Crippen LogP contribution is -2.42. The summed E-state index contributed by atoms with van der Waals surface area (Å²) in [7, 11) is 1.37. The molecule has 1 saturated heterocycles. The van der Waals surface area contributed by atoms with E-state index in [0.717, 1.165) is 5.56 Å². The molecular weight excluding hydrogens is 324 g/mol. The van der Waals surface area contributed by atoms with Crippen LogP contribution in [0.3, 0.4) is 0 Å². The number of rotatable bonds is 5. The number of benzene rings is 1. The molecule has 136 valence electrons. The summed E-state index contributed by atoms with van der Waals surface area (Å²) in [6.07, 6.45) is 1.53. The normalized spacial score (nSPS) is 16.2. The van der Waals surface area contributed by atoms with Gasteiger partial charge in [0.25, 0.3) is 0 Å². The van der Waals surface area contributed by atoms with E-state index < -0.39 is 5.97 Å². The van der Waals surface area contributed by atoms with Crippen molar-refractivity contribution in [3.8, 4) is 0 Å². The molecule has 2 amide bonds. The number of nitrogens with zero attached hydrogens (tertiary/aromatic N) is 1. The second-order valence-electron chi connectivity index (χ2n) is 6.35. The van der Waals surface area contributed by atoms with Crippen molar-refractivity contribution < 1.29 is 24.2 Å². The van der Waals surface area contributed by atoms with E-state index in [0.29, 0.717) is 38.0 Å². The molecule has 1 heterocycles. The van der Waals surface area contributed by atoms with Crippen LogP contribution in [-0.4, -0.2) is 48.2 Å². The number of esters is 1. The Morgan fingerprint density at radius 2 is 1.84 bits per heavy atom. The van der Waals surface area contributed by atoms with Crippen molar-refractivity contribution >= 4 is 23.7 Å². The molecular formula is C18H24N2O5. The van der Waals surface area contributed by atoms with E-state index in [1.165, 1.54) is 7.11 Å². The van der Waals surface area contributed by atoms with Crippen LogP contribution in [0.25, 0.3) is 0 Å². The number of aliphatic carboxylic acids is 1. The number of ether oxygens (including phenoxy) is 1. The Labute approximate surface area is 147 Å². The summed E-state index contributed by atoms with van der Waals surface area (Å²) in [5.41, 5.74) is 1.65. The molecule has 25 heavy (non-hydrogen) atoms. The van der Waals surface area contributed by atoms with Crippen LogP contribution < -0.4 is 5.32 Å². The van der Waals surface area contributed by atoms with Crippen LogP contribution in [0.15, 0.2) is 24.3 Å². The minimum Gasteiger partial charge on any atom is -0.481 e. The summed E-state index contributed by atoms with van der Waals surface area (Å²) >= 11 is 0. The number of hydrogen-bond acceptors (Lipinski definition) is 4.